The van der Waals surface area contributed by atoms with Crippen molar-refractivity contribution in [3.8, 4) is 0 Å². The SMILES string of the molecule is BrC1COCC1OCC1CCCC1. The first-order chi connectivity index (χ1) is 6.36. The van der Waals surface area contributed by atoms with Crippen LogP contribution in [-0.2, 0) is 9.47 Å². The molecule has 3 heteroatoms. The fraction of sp³-hybridized carbons (Fsp3) is 1.00. The molecule has 2 fully saturated rings. The molecule has 1 aliphatic carbocycles. The zero-order valence-electron chi connectivity index (χ0n) is 7.88. The third-order valence-electron chi connectivity index (χ3n) is 2.98. The monoisotopic (exact) mass is 248 g/mol. The van der Waals surface area contributed by atoms with Crippen LogP contribution in [0.1, 0.15) is 25.7 Å². The van der Waals surface area contributed by atoms with Crippen molar-refractivity contribution in [2.45, 2.75) is 36.6 Å². The molecule has 1 saturated carbocycles. The van der Waals surface area contributed by atoms with Crippen molar-refractivity contribution in [2.24, 2.45) is 5.92 Å². The Kier molecular flexibility index (Phi) is 3.64. The number of hydrogen-bond acceptors (Lipinski definition) is 2. The van der Waals surface area contributed by atoms with E-state index < -0.39 is 0 Å². The van der Waals surface area contributed by atoms with Crippen LogP contribution in [-0.4, -0.2) is 30.8 Å². The lowest BCUT2D eigenvalue weighted by Gasteiger charge is -2.16. The van der Waals surface area contributed by atoms with Gasteiger partial charge in [0.05, 0.1) is 24.1 Å². The Morgan fingerprint density at radius 2 is 2.00 bits per heavy atom. The Bertz CT molecular complexity index is 157. The zero-order valence-corrected chi connectivity index (χ0v) is 9.46. The molecular formula is C10H17BrO2. The predicted molar refractivity (Wildman–Crippen MR) is 55.2 cm³/mol. The first-order valence-corrected chi connectivity index (χ1v) is 6.11. The van der Waals surface area contributed by atoms with Crippen molar-refractivity contribution < 1.29 is 9.47 Å². The minimum atomic E-state index is 0.292. The molecule has 1 aliphatic heterocycles. The maximum absolute atomic E-state index is 5.83. The molecule has 0 bridgehead atoms. The van der Waals surface area contributed by atoms with Crippen molar-refractivity contribution in [3.05, 3.63) is 0 Å². The number of halogens is 1. The summed E-state index contributed by atoms with van der Waals surface area (Å²) in [5.74, 6) is 0.820. The zero-order chi connectivity index (χ0) is 9.10. The fourth-order valence-electron chi connectivity index (χ4n) is 2.10. The Hall–Kier alpha value is 0.400. The summed E-state index contributed by atoms with van der Waals surface area (Å²) >= 11 is 3.56. The minimum Gasteiger partial charge on any atom is -0.377 e. The van der Waals surface area contributed by atoms with Gasteiger partial charge >= 0.3 is 0 Å². The van der Waals surface area contributed by atoms with Crippen molar-refractivity contribution in [2.75, 3.05) is 19.8 Å². The Morgan fingerprint density at radius 1 is 1.23 bits per heavy atom. The van der Waals surface area contributed by atoms with Gasteiger partial charge in [0.1, 0.15) is 0 Å². The molecular weight excluding hydrogens is 232 g/mol. The van der Waals surface area contributed by atoms with Crippen LogP contribution in [0.4, 0.5) is 0 Å². The number of ether oxygens (including phenoxy) is 2. The van der Waals surface area contributed by atoms with Gasteiger partial charge in [0.15, 0.2) is 0 Å². The van der Waals surface area contributed by atoms with Crippen LogP contribution in [0, 0.1) is 5.92 Å². The van der Waals surface area contributed by atoms with E-state index in [4.69, 9.17) is 9.47 Å². The van der Waals surface area contributed by atoms with E-state index in [2.05, 4.69) is 15.9 Å². The van der Waals surface area contributed by atoms with Gasteiger partial charge < -0.3 is 9.47 Å². The van der Waals surface area contributed by atoms with Crippen LogP contribution in [0.25, 0.3) is 0 Å². The van der Waals surface area contributed by atoms with E-state index in [1.54, 1.807) is 0 Å². The van der Waals surface area contributed by atoms with E-state index in [1.807, 2.05) is 0 Å². The van der Waals surface area contributed by atoms with E-state index in [1.165, 1.54) is 25.7 Å². The molecule has 0 radical (unpaired) electrons. The average Bonchev–Trinajstić information content (AvgIpc) is 2.72. The minimum absolute atomic E-state index is 0.292. The summed E-state index contributed by atoms with van der Waals surface area (Å²) < 4.78 is 11.1. The molecule has 13 heavy (non-hydrogen) atoms. The van der Waals surface area contributed by atoms with Gasteiger partial charge in [-0.2, -0.15) is 0 Å². The number of alkyl halides is 1. The summed E-state index contributed by atoms with van der Waals surface area (Å²) in [6.07, 6.45) is 5.81. The predicted octanol–water partition coefficient (Wildman–Crippen LogP) is 2.36. The van der Waals surface area contributed by atoms with Crippen molar-refractivity contribution in [3.63, 3.8) is 0 Å². The van der Waals surface area contributed by atoms with Crippen LogP contribution in [0.15, 0.2) is 0 Å². The molecule has 0 aromatic carbocycles. The second-order valence-electron chi connectivity index (χ2n) is 4.08. The van der Waals surface area contributed by atoms with E-state index in [0.29, 0.717) is 10.9 Å². The lowest BCUT2D eigenvalue weighted by atomic mass is 10.1. The van der Waals surface area contributed by atoms with Gasteiger partial charge in [0, 0.05) is 6.61 Å². The first-order valence-electron chi connectivity index (χ1n) is 5.19. The van der Waals surface area contributed by atoms with Gasteiger partial charge in [-0.3, -0.25) is 0 Å². The maximum Gasteiger partial charge on any atom is 0.0955 e. The molecule has 2 nitrogen and oxygen atoms in total. The highest BCUT2D eigenvalue weighted by atomic mass is 79.9. The van der Waals surface area contributed by atoms with Crippen LogP contribution >= 0.6 is 15.9 Å². The molecule has 1 heterocycles. The largest absolute Gasteiger partial charge is 0.377 e. The molecule has 2 aliphatic rings. The fourth-order valence-corrected chi connectivity index (χ4v) is 2.59. The van der Waals surface area contributed by atoms with Crippen molar-refractivity contribution in [1.29, 1.82) is 0 Å². The summed E-state index contributed by atoms with van der Waals surface area (Å²) in [5, 5.41) is 0. The third-order valence-corrected chi connectivity index (χ3v) is 3.84. The van der Waals surface area contributed by atoms with Crippen molar-refractivity contribution >= 4 is 15.9 Å². The van der Waals surface area contributed by atoms with Gasteiger partial charge in [-0.05, 0) is 18.8 Å². The quantitative estimate of drug-likeness (QED) is 0.715. The molecule has 2 unspecified atom stereocenters. The number of rotatable bonds is 3. The standard InChI is InChI=1S/C10H17BrO2/c11-9-6-12-7-10(9)13-5-8-3-1-2-4-8/h8-10H,1-7H2. The van der Waals surface area contributed by atoms with Crippen LogP contribution < -0.4 is 0 Å². The highest BCUT2D eigenvalue weighted by Gasteiger charge is 2.27. The Labute approximate surface area is 88.1 Å². The Balaban J connectivity index is 1.66. The molecule has 0 spiro atoms. The van der Waals surface area contributed by atoms with Crippen LogP contribution in [0.3, 0.4) is 0 Å². The third kappa shape index (κ3) is 2.67. The lowest BCUT2D eigenvalue weighted by molar-refractivity contribution is 0.0252. The number of hydrogen-bond donors (Lipinski definition) is 0. The van der Waals surface area contributed by atoms with Crippen LogP contribution in [0.2, 0.25) is 0 Å². The van der Waals surface area contributed by atoms with Gasteiger partial charge in [0.2, 0.25) is 0 Å². The topological polar surface area (TPSA) is 18.5 Å². The molecule has 0 amide bonds. The van der Waals surface area contributed by atoms with Gasteiger partial charge in [-0.25, -0.2) is 0 Å². The van der Waals surface area contributed by atoms with Gasteiger partial charge in [-0.1, -0.05) is 28.8 Å². The maximum atomic E-state index is 5.83. The first kappa shape index (κ1) is 9.94. The molecule has 0 aromatic heterocycles. The van der Waals surface area contributed by atoms with Gasteiger partial charge in [0.25, 0.3) is 0 Å². The van der Waals surface area contributed by atoms with E-state index >= 15 is 0 Å². The second kappa shape index (κ2) is 4.76. The molecule has 2 rings (SSSR count). The summed E-state index contributed by atoms with van der Waals surface area (Å²) in [5.41, 5.74) is 0. The van der Waals surface area contributed by atoms with Crippen molar-refractivity contribution in [1.82, 2.24) is 0 Å². The van der Waals surface area contributed by atoms with E-state index in [-0.39, 0.29) is 0 Å². The normalized spacial score (nSPS) is 35.8. The average molecular weight is 249 g/mol. The summed E-state index contributed by atoms with van der Waals surface area (Å²) in [4.78, 5) is 0.411. The summed E-state index contributed by atoms with van der Waals surface area (Å²) in [6.45, 7) is 2.51. The smallest absolute Gasteiger partial charge is 0.0955 e. The molecule has 1 saturated heterocycles. The molecule has 2 atom stereocenters. The van der Waals surface area contributed by atoms with E-state index in [9.17, 15) is 0 Å². The Morgan fingerprint density at radius 3 is 2.62 bits per heavy atom. The van der Waals surface area contributed by atoms with E-state index in [0.717, 1.165) is 25.7 Å². The highest BCUT2D eigenvalue weighted by molar-refractivity contribution is 9.09. The molecule has 76 valence electrons. The lowest BCUT2D eigenvalue weighted by Crippen LogP contribution is -2.24. The molecule has 0 N–H and O–H groups in total. The summed E-state index contributed by atoms with van der Waals surface area (Å²) in [7, 11) is 0. The van der Waals surface area contributed by atoms with Gasteiger partial charge in [-0.15, -0.1) is 0 Å². The highest BCUT2D eigenvalue weighted by Crippen LogP contribution is 2.26. The summed E-state index contributed by atoms with van der Waals surface area (Å²) in [6, 6.07) is 0. The second-order valence-corrected chi connectivity index (χ2v) is 5.25. The molecule has 0 aromatic rings. The van der Waals surface area contributed by atoms with Crippen LogP contribution in [0.5, 0.6) is 0 Å².